The van der Waals surface area contributed by atoms with Crippen LogP contribution in [0.25, 0.3) is 0 Å². The molecule has 0 atom stereocenters. The predicted molar refractivity (Wildman–Crippen MR) is 179 cm³/mol. The number of rotatable bonds is 24. The van der Waals surface area contributed by atoms with E-state index in [9.17, 15) is 14.4 Å². The van der Waals surface area contributed by atoms with Gasteiger partial charge in [-0.25, -0.2) is 0 Å². The molecule has 0 aliphatic heterocycles. The summed E-state index contributed by atoms with van der Waals surface area (Å²) in [7, 11) is 3.72. The minimum absolute atomic E-state index is 0.0395. The van der Waals surface area contributed by atoms with Crippen LogP contribution in [0.5, 0.6) is 0 Å². The number of ether oxygens (including phenoxy) is 2. The molecule has 0 heterocycles. The molecule has 0 aromatic carbocycles. The Morgan fingerprint density at radius 1 is 0.872 bits per heavy atom. The maximum Gasteiger partial charge on any atom is 0.307 e. The van der Waals surface area contributed by atoms with Gasteiger partial charge in [-0.15, -0.1) is 0 Å². The number of ketones is 1. The van der Waals surface area contributed by atoms with Gasteiger partial charge in [-0.05, 0) is 46.3 Å². The summed E-state index contributed by atoms with van der Waals surface area (Å²) < 4.78 is 11.7. The SMILES string of the molecule is CC(C)C(=O)NCCCSSCCC(C)(C)SCCC(=O)OC(C)(C)CCOC(C)(C)C(=O)CCSCCS. The van der Waals surface area contributed by atoms with Crippen LogP contribution in [0.4, 0.5) is 0 Å². The lowest BCUT2D eigenvalue weighted by Gasteiger charge is -2.29. The van der Waals surface area contributed by atoms with Crippen LogP contribution < -0.4 is 5.32 Å². The van der Waals surface area contributed by atoms with E-state index in [1.165, 1.54) is 0 Å². The fourth-order valence-corrected chi connectivity index (χ4v) is 7.76. The van der Waals surface area contributed by atoms with Crippen molar-refractivity contribution >= 4 is 75.4 Å². The Balaban J connectivity index is 4.08. The smallest absolute Gasteiger partial charge is 0.307 e. The lowest BCUT2D eigenvalue weighted by molar-refractivity contribution is -0.160. The Hall–Kier alpha value is 0.320. The van der Waals surface area contributed by atoms with Crippen molar-refractivity contribution in [1.29, 1.82) is 0 Å². The molecule has 0 aliphatic carbocycles. The van der Waals surface area contributed by atoms with Crippen LogP contribution in [0.1, 0.15) is 87.5 Å². The first-order valence-electron chi connectivity index (χ1n) is 13.9. The van der Waals surface area contributed by atoms with E-state index in [0.717, 1.165) is 53.9 Å². The summed E-state index contributed by atoms with van der Waals surface area (Å²) in [6.45, 7) is 16.7. The normalized spacial score (nSPS) is 12.6. The van der Waals surface area contributed by atoms with Gasteiger partial charge in [-0.3, -0.25) is 14.4 Å². The molecule has 11 heteroatoms. The zero-order valence-corrected chi connectivity index (χ0v) is 29.6. The summed E-state index contributed by atoms with van der Waals surface area (Å²) in [6.07, 6.45) is 3.41. The summed E-state index contributed by atoms with van der Waals surface area (Å²) in [5.41, 5.74) is -1.49. The van der Waals surface area contributed by atoms with Gasteiger partial charge in [0.15, 0.2) is 5.78 Å². The molecule has 0 fully saturated rings. The number of carbonyl (C=O) groups is 3. The van der Waals surface area contributed by atoms with Crippen molar-refractivity contribution in [2.75, 3.05) is 47.7 Å². The van der Waals surface area contributed by atoms with Crippen LogP contribution >= 0.6 is 57.7 Å². The van der Waals surface area contributed by atoms with Crippen molar-refractivity contribution in [2.24, 2.45) is 5.92 Å². The number of hydrogen-bond acceptors (Lipinski definition) is 10. The van der Waals surface area contributed by atoms with Crippen molar-refractivity contribution in [3.05, 3.63) is 0 Å². The molecule has 0 bridgehead atoms. The van der Waals surface area contributed by atoms with Gasteiger partial charge < -0.3 is 14.8 Å². The van der Waals surface area contributed by atoms with Crippen molar-refractivity contribution in [3.8, 4) is 0 Å². The van der Waals surface area contributed by atoms with Gasteiger partial charge in [0.25, 0.3) is 0 Å². The maximum absolute atomic E-state index is 12.5. The van der Waals surface area contributed by atoms with E-state index in [0.29, 0.717) is 25.9 Å². The molecule has 0 spiro atoms. The van der Waals surface area contributed by atoms with Gasteiger partial charge >= 0.3 is 5.97 Å². The van der Waals surface area contributed by atoms with E-state index in [1.807, 2.05) is 63.1 Å². The first-order valence-corrected chi connectivity index (χ1v) is 19.1. The quantitative estimate of drug-likeness (QED) is 0.0503. The first kappa shape index (κ1) is 39.3. The Morgan fingerprint density at radius 3 is 2.18 bits per heavy atom. The van der Waals surface area contributed by atoms with E-state index in [-0.39, 0.29) is 28.3 Å². The molecule has 0 unspecified atom stereocenters. The first-order chi connectivity index (χ1) is 18.1. The summed E-state index contributed by atoms with van der Waals surface area (Å²) in [5.74, 6) is 5.37. The summed E-state index contributed by atoms with van der Waals surface area (Å²) >= 11 is 7.72. The third-order valence-corrected chi connectivity index (χ3v) is 11.2. The van der Waals surface area contributed by atoms with Crippen LogP contribution in [-0.2, 0) is 23.9 Å². The van der Waals surface area contributed by atoms with Gasteiger partial charge in [-0.1, -0.05) is 49.3 Å². The van der Waals surface area contributed by atoms with E-state index < -0.39 is 11.2 Å². The largest absolute Gasteiger partial charge is 0.460 e. The van der Waals surface area contributed by atoms with E-state index >= 15 is 0 Å². The molecule has 0 aromatic rings. The Kier molecular flexibility index (Phi) is 21.3. The number of nitrogens with one attached hydrogen (secondary N) is 1. The highest BCUT2D eigenvalue weighted by atomic mass is 33.1. The van der Waals surface area contributed by atoms with Crippen LogP contribution in [0.3, 0.4) is 0 Å². The van der Waals surface area contributed by atoms with Crippen molar-refractivity contribution < 1.29 is 23.9 Å². The second-order valence-corrected chi connectivity index (χ2v) is 17.6. The van der Waals surface area contributed by atoms with Crippen molar-refractivity contribution in [3.63, 3.8) is 0 Å². The van der Waals surface area contributed by atoms with Crippen LogP contribution in [0.15, 0.2) is 0 Å². The zero-order chi connectivity index (χ0) is 30.0. The van der Waals surface area contributed by atoms with Crippen LogP contribution in [0, 0.1) is 5.92 Å². The van der Waals surface area contributed by atoms with Gasteiger partial charge in [-0.2, -0.15) is 36.2 Å². The second kappa shape index (κ2) is 21.1. The maximum atomic E-state index is 12.5. The third kappa shape index (κ3) is 21.7. The summed E-state index contributed by atoms with van der Waals surface area (Å²) in [6, 6.07) is 0. The Bertz CT molecular complexity index is 716. The molecular weight excluding hydrogens is 591 g/mol. The van der Waals surface area contributed by atoms with Crippen LogP contribution in [0.2, 0.25) is 0 Å². The minimum atomic E-state index is -0.842. The fraction of sp³-hybridized carbons (Fsp3) is 0.893. The van der Waals surface area contributed by atoms with Crippen LogP contribution in [-0.4, -0.2) is 81.3 Å². The molecule has 230 valence electrons. The minimum Gasteiger partial charge on any atom is -0.460 e. The molecular formula is C28H53NO5S5. The molecule has 1 N–H and O–H groups in total. The fourth-order valence-electron chi connectivity index (χ4n) is 3.11. The molecule has 0 aliphatic rings. The van der Waals surface area contributed by atoms with E-state index in [1.54, 1.807) is 23.5 Å². The Labute approximate surface area is 260 Å². The molecule has 1 amide bonds. The van der Waals surface area contributed by atoms with E-state index in [4.69, 9.17) is 9.47 Å². The molecule has 6 nitrogen and oxygen atoms in total. The number of amides is 1. The molecule has 0 radical (unpaired) electrons. The van der Waals surface area contributed by atoms with Gasteiger partial charge in [0.05, 0.1) is 13.0 Å². The lowest BCUT2D eigenvalue weighted by Crippen LogP contribution is -2.38. The Morgan fingerprint density at radius 2 is 1.54 bits per heavy atom. The molecule has 39 heavy (non-hydrogen) atoms. The highest BCUT2D eigenvalue weighted by molar-refractivity contribution is 8.76. The molecule has 0 saturated carbocycles. The topological polar surface area (TPSA) is 81.7 Å². The molecule has 0 aromatic heterocycles. The average Bonchev–Trinajstić information content (AvgIpc) is 2.82. The van der Waals surface area contributed by atoms with Gasteiger partial charge in [0.1, 0.15) is 11.2 Å². The van der Waals surface area contributed by atoms with E-state index in [2.05, 4.69) is 31.8 Å². The number of thioether (sulfide) groups is 2. The summed E-state index contributed by atoms with van der Waals surface area (Å²) in [4.78, 5) is 36.5. The summed E-state index contributed by atoms with van der Waals surface area (Å²) in [5, 5.41) is 2.95. The van der Waals surface area contributed by atoms with Crippen molar-refractivity contribution in [2.45, 2.75) is 103 Å². The molecule has 0 rings (SSSR count). The molecule has 0 saturated heterocycles. The number of hydrogen-bond donors (Lipinski definition) is 2. The second-order valence-electron chi connectivity index (χ2n) is 11.4. The highest BCUT2D eigenvalue weighted by Gasteiger charge is 2.30. The number of thiol groups is 1. The van der Waals surface area contributed by atoms with Crippen molar-refractivity contribution in [1.82, 2.24) is 5.32 Å². The predicted octanol–water partition coefficient (Wildman–Crippen LogP) is 6.95. The third-order valence-electron chi connectivity index (χ3n) is 5.84. The number of esters is 1. The number of carbonyl (C=O) groups excluding carboxylic acids is 3. The zero-order valence-electron chi connectivity index (χ0n) is 25.4. The number of Topliss-reactive ketones (excluding diaryl/α,β-unsaturated/α-hetero) is 1. The standard InChI is InChI=1S/C28H53NO5S5/c1-22(2)25(32)29-14-9-17-38-39-20-13-27(5,6)37-19-11-24(31)34-26(3,4)12-15-33-28(7,8)23(30)10-18-36-21-16-35/h22,35H,9-21H2,1-8H3,(H,29,32). The van der Waals surface area contributed by atoms with Gasteiger partial charge in [0.2, 0.25) is 5.91 Å². The lowest BCUT2D eigenvalue weighted by atomic mass is 10.0. The highest BCUT2D eigenvalue weighted by Crippen LogP contribution is 2.33. The monoisotopic (exact) mass is 643 g/mol. The average molecular weight is 644 g/mol. The van der Waals surface area contributed by atoms with Gasteiger partial charge in [0, 0.05) is 58.8 Å².